The predicted molar refractivity (Wildman–Crippen MR) is 88.5 cm³/mol. The molecule has 2 aliphatic rings. The van der Waals surface area contributed by atoms with E-state index in [9.17, 15) is 0 Å². The zero-order chi connectivity index (χ0) is 13.8. The van der Waals surface area contributed by atoms with Gasteiger partial charge in [0.1, 0.15) is 0 Å². The first-order chi connectivity index (χ1) is 9.76. The van der Waals surface area contributed by atoms with E-state index in [-0.39, 0.29) is 5.60 Å². The minimum absolute atomic E-state index is 0.267. The third-order valence-electron chi connectivity index (χ3n) is 4.65. The minimum Gasteiger partial charge on any atom is -0.370 e. The van der Waals surface area contributed by atoms with Crippen molar-refractivity contribution in [3.8, 4) is 0 Å². The van der Waals surface area contributed by atoms with Crippen molar-refractivity contribution in [1.82, 2.24) is 5.32 Å². The second-order valence-electron chi connectivity index (χ2n) is 6.18. The quantitative estimate of drug-likeness (QED) is 0.781. The molecule has 1 saturated heterocycles. The Balaban J connectivity index is 1.35. The molecule has 1 aliphatic heterocycles. The molecule has 20 heavy (non-hydrogen) atoms. The average Bonchev–Trinajstić information content (AvgIpc) is 3.03. The Bertz CT molecular complexity index is 428. The van der Waals surface area contributed by atoms with E-state index in [1.54, 1.807) is 0 Å². The fraction of sp³-hybridized carbons (Fsp3) is 0.750. The number of hydrogen-bond acceptors (Lipinski definition) is 3. The lowest BCUT2D eigenvalue weighted by atomic mass is 9.83. The first kappa shape index (κ1) is 15.0. The van der Waals surface area contributed by atoms with Crippen molar-refractivity contribution >= 4 is 27.3 Å². The van der Waals surface area contributed by atoms with Crippen molar-refractivity contribution in [2.45, 2.75) is 63.1 Å². The minimum atomic E-state index is 0.267. The van der Waals surface area contributed by atoms with Gasteiger partial charge in [-0.1, -0.05) is 19.3 Å². The fourth-order valence-corrected chi connectivity index (χ4v) is 5.05. The highest BCUT2D eigenvalue weighted by Gasteiger charge is 2.40. The van der Waals surface area contributed by atoms with Crippen molar-refractivity contribution in [3.63, 3.8) is 0 Å². The van der Waals surface area contributed by atoms with Crippen LogP contribution in [-0.2, 0) is 11.2 Å². The number of thiophene rings is 1. The molecule has 0 amide bonds. The molecule has 2 heterocycles. The highest BCUT2D eigenvalue weighted by atomic mass is 79.9. The number of rotatable bonds is 5. The van der Waals surface area contributed by atoms with Gasteiger partial charge < -0.3 is 10.1 Å². The van der Waals surface area contributed by atoms with Crippen LogP contribution in [0.2, 0.25) is 0 Å². The fourth-order valence-electron chi connectivity index (χ4n) is 3.56. The molecule has 1 N–H and O–H groups in total. The van der Waals surface area contributed by atoms with Gasteiger partial charge in [0.05, 0.1) is 15.5 Å². The van der Waals surface area contributed by atoms with Crippen molar-refractivity contribution in [3.05, 3.63) is 20.8 Å². The Labute approximate surface area is 134 Å². The summed E-state index contributed by atoms with van der Waals surface area (Å²) in [4.78, 5) is 1.44. The maximum atomic E-state index is 6.38. The van der Waals surface area contributed by atoms with E-state index in [2.05, 4.69) is 33.4 Å². The van der Waals surface area contributed by atoms with E-state index >= 15 is 0 Å². The average molecular weight is 358 g/mol. The second kappa shape index (κ2) is 6.91. The lowest BCUT2D eigenvalue weighted by Gasteiger charge is -2.33. The van der Waals surface area contributed by atoms with Gasteiger partial charge in [-0.2, -0.15) is 0 Å². The van der Waals surface area contributed by atoms with Gasteiger partial charge in [0, 0.05) is 18.0 Å². The molecule has 4 heteroatoms. The maximum Gasteiger partial charge on any atom is 0.0708 e. The Hall–Kier alpha value is 0.1000. The summed E-state index contributed by atoms with van der Waals surface area (Å²) in [6, 6.07) is 4.34. The molecule has 2 nitrogen and oxygen atoms in total. The van der Waals surface area contributed by atoms with Crippen LogP contribution in [0, 0.1) is 0 Å². The number of halogens is 1. The van der Waals surface area contributed by atoms with Crippen molar-refractivity contribution < 1.29 is 4.74 Å². The lowest BCUT2D eigenvalue weighted by Crippen LogP contribution is -2.35. The molecule has 0 aromatic carbocycles. The van der Waals surface area contributed by atoms with Crippen LogP contribution in [0.5, 0.6) is 0 Å². The van der Waals surface area contributed by atoms with E-state index in [1.807, 2.05) is 11.3 Å². The van der Waals surface area contributed by atoms with Gasteiger partial charge >= 0.3 is 0 Å². The highest BCUT2D eigenvalue weighted by molar-refractivity contribution is 9.11. The van der Waals surface area contributed by atoms with Gasteiger partial charge in [-0.05, 0) is 60.2 Å². The number of nitrogens with one attached hydrogen (secondary N) is 1. The molecule has 1 spiro atoms. The molecule has 0 radical (unpaired) electrons. The van der Waals surface area contributed by atoms with Crippen LogP contribution in [0.4, 0.5) is 0 Å². The van der Waals surface area contributed by atoms with Crippen LogP contribution >= 0.6 is 27.3 Å². The zero-order valence-electron chi connectivity index (χ0n) is 12.0. The molecule has 1 aromatic heterocycles. The summed E-state index contributed by atoms with van der Waals surface area (Å²) in [5.41, 5.74) is 0.267. The summed E-state index contributed by atoms with van der Waals surface area (Å²) in [6.07, 6.45) is 10.8. The molecule has 1 unspecified atom stereocenters. The molecular formula is C16H24BrNOS. The first-order valence-electron chi connectivity index (χ1n) is 7.89. The topological polar surface area (TPSA) is 21.3 Å². The molecule has 1 saturated carbocycles. The van der Waals surface area contributed by atoms with Crippen LogP contribution in [0.1, 0.15) is 49.8 Å². The second-order valence-corrected chi connectivity index (χ2v) is 8.73. The summed E-state index contributed by atoms with van der Waals surface area (Å²) in [6.45, 7) is 2.08. The van der Waals surface area contributed by atoms with E-state index < -0.39 is 0 Å². The zero-order valence-corrected chi connectivity index (χ0v) is 14.4. The molecule has 112 valence electrons. The van der Waals surface area contributed by atoms with E-state index in [4.69, 9.17) is 4.74 Å². The van der Waals surface area contributed by atoms with Crippen molar-refractivity contribution in [2.24, 2.45) is 0 Å². The summed E-state index contributed by atoms with van der Waals surface area (Å²) in [5.74, 6) is 0. The molecule has 2 fully saturated rings. The summed E-state index contributed by atoms with van der Waals surface area (Å²) in [5, 5.41) is 3.57. The molecule has 0 bridgehead atoms. The molecule has 1 aliphatic carbocycles. The predicted octanol–water partition coefficient (Wildman–Crippen LogP) is 4.52. The largest absolute Gasteiger partial charge is 0.370 e. The summed E-state index contributed by atoms with van der Waals surface area (Å²) >= 11 is 5.35. The Morgan fingerprint density at radius 1 is 1.25 bits per heavy atom. The smallest absolute Gasteiger partial charge is 0.0708 e. The molecule has 3 rings (SSSR count). The monoisotopic (exact) mass is 357 g/mol. The third kappa shape index (κ3) is 3.85. The molecule has 1 aromatic rings. The molecule has 1 atom stereocenters. The highest BCUT2D eigenvalue weighted by Crippen LogP contribution is 2.41. The maximum absolute atomic E-state index is 6.38. The van der Waals surface area contributed by atoms with Crippen molar-refractivity contribution in [1.29, 1.82) is 0 Å². The Morgan fingerprint density at radius 2 is 2.10 bits per heavy atom. The van der Waals surface area contributed by atoms with E-state index in [0.29, 0.717) is 6.10 Å². The third-order valence-corrected chi connectivity index (χ3v) is 6.34. The number of ether oxygens (including phenoxy) is 1. The Kier molecular flexibility index (Phi) is 5.18. The Morgan fingerprint density at radius 3 is 2.85 bits per heavy atom. The first-order valence-corrected chi connectivity index (χ1v) is 9.50. The van der Waals surface area contributed by atoms with E-state index in [1.165, 1.54) is 53.6 Å². The summed E-state index contributed by atoms with van der Waals surface area (Å²) in [7, 11) is 0. The van der Waals surface area contributed by atoms with Crippen LogP contribution < -0.4 is 5.32 Å². The summed E-state index contributed by atoms with van der Waals surface area (Å²) < 4.78 is 7.61. The SMILES string of the molecule is Brc1ccc(CCNCC2CCC3(CCCCC3)O2)s1. The van der Waals surface area contributed by atoms with Gasteiger partial charge in [0.15, 0.2) is 0 Å². The number of hydrogen-bond donors (Lipinski definition) is 1. The standard InChI is InChI=1S/C16H24BrNOS/c17-15-5-4-14(20-15)7-11-18-12-13-6-10-16(19-13)8-2-1-3-9-16/h4-5,13,18H,1-3,6-12H2. The normalized spacial score (nSPS) is 25.4. The van der Waals surface area contributed by atoms with Crippen LogP contribution in [0.25, 0.3) is 0 Å². The van der Waals surface area contributed by atoms with Gasteiger partial charge in [0.2, 0.25) is 0 Å². The van der Waals surface area contributed by atoms with Gasteiger partial charge in [-0.15, -0.1) is 11.3 Å². The van der Waals surface area contributed by atoms with Gasteiger partial charge in [0.25, 0.3) is 0 Å². The lowest BCUT2D eigenvalue weighted by molar-refractivity contribution is -0.0622. The van der Waals surface area contributed by atoms with Crippen LogP contribution in [0.15, 0.2) is 15.9 Å². The van der Waals surface area contributed by atoms with Gasteiger partial charge in [-0.3, -0.25) is 0 Å². The van der Waals surface area contributed by atoms with E-state index in [0.717, 1.165) is 19.5 Å². The van der Waals surface area contributed by atoms with Crippen LogP contribution in [-0.4, -0.2) is 24.8 Å². The van der Waals surface area contributed by atoms with Crippen LogP contribution in [0.3, 0.4) is 0 Å². The van der Waals surface area contributed by atoms with Gasteiger partial charge in [-0.25, -0.2) is 0 Å². The molecular weight excluding hydrogens is 334 g/mol. The van der Waals surface area contributed by atoms with Crippen molar-refractivity contribution in [2.75, 3.05) is 13.1 Å².